The number of imide groups is 1. The van der Waals surface area contributed by atoms with Crippen LogP contribution in [0.5, 0.6) is 11.5 Å². The SMILES string of the molecule is COc1ccc(CCN2C(=O)N[C@H](CCC(=O)NCCOc3ccc(Cl)cc3)C2=O)cc1. The van der Waals surface area contributed by atoms with Gasteiger partial charge in [0.15, 0.2) is 0 Å². The summed E-state index contributed by atoms with van der Waals surface area (Å²) in [6, 6.07) is 13.3. The summed E-state index contributed by atoms with van der Waals surface area (Å²) >= 11 is 5.82. The molecular weight excluding hydrogens is 434 g/mol. The molecule has 0 bridgehead atoms. The number of rotatable bonds is 11. The number of hydrogen-bond acceptors (Lipinski definition) is 5. The van der Waals surface area contributed by atoms with Crippen molar-refractivity contribution in [2.24, 2.45) is 0 Å². The van der Waals surface area contributed by atoms with Crippen LogP contribution in [0, 0.1) is 0 Å². The third kappa shape index (κ3) is 6.62. The van der Waals surface area contributed by atoms with Crippen LogP contribution in [0.3, 0.4) is 0 Å². The van der Waals surface area contributed by atoms with Gasteiger partial charge in [0.25, 0.3) is 5.91 Å². The second-order valence-corrected chi connectivity index (χ2v) is 7.72. The maximum absolute atomic E-state index is 12.6. The largest absolute Gasteiger partial charge is 0.497 e. The quantitative estimate of drug-likeness (QED) is 0.398. The fourth-order valence-electron chi connectivity index (χ4n) is 3.27. The minimum atomic E-state index is -0.686. The third-order valence-corrected chi connectivity index (χ3v) is 5.31. The number of hydrogen-bond donors (Lipinski definition) is 2. The molecule has 2 aromatic carbocycles. The molecule has 1 aliphatic rings. The topological polar surface area (TPSA) is 97.0 Å². The summed E-state index contributed by atoms with van der Waals surface area (Å²) in [5, 5.41) is 6.03. The van der Waals surface area contributed by atoms with E-state index in [0.29, 0.717) is 30.3 Å². The number of benzene rings is 2. The van der Waals surface area contributed by atoms with Gasteiger partial charge >= 0.3 is 6.03 Å². The van der Waals surface area contributed by atoms with Gasteiger partial charge in [-0.25, -0.2) is 4.79 Å². The van der Waals surface area contributed by atoms with Gasteiger partial charge in [-0.3, -0.25) is 14.5 Å². The second kappa shape index (κ2) is 11.4. The average Bonchev–Trinajstić information content (AvgIpc) is 3.07. The zero-order chi connectivity index (χ0) is 22.9. The molecule has 0 radical (unpaired) electrons. The standard InChI is InChI=1S/C23H26ClN3O5/c1-31-18-6-2-16(3-7-18)12-14-27-22(29)20(26-23(27)30)10-11-21(28)25-13-15-32-19-8-4-17(24)5-9-19/h2-9,20H,10-15H2,1H3,(H,25,28)(H,26,30)/t20-/m1/s1. The lowest BCUT2D eigenvalue weighted by Crippen LogP contribution is -2.34. The zero-order valence-electron chi connectivity index (χ0n) is 17.8. The Morgan fingerprint density at radius 3 is 2.47 bits per heavy atom. The smallest absolute Gasteiger partial charge is 0.324 e. The van der Waals surface area contributed by atoms with Gasteiger partial charge in [0.2, 0.25) is 5.91 Å². The van der Waals surface area contributed by atoms with Crippen molar-refractivity contribution in [3.63, 3.8) is 0 Å². The predicted octanol–water partition coefficient (Wildman–Crippen LogP) is 2.79. The molecule has 3 rings (SSSR count). The highest BCUT2D eigenvalue weighted by molar-refractivity contribution is 6.30. The van der Waals surface area contributed by atoms with Crippen LogP contribution in [0.15, 0.2) is 48.5 Å². The van der Waals surface area contributed by atoms with Gasteiger partial charge in [-0.2, -0.15) is 0 Å². The Morgan fingerprint density at radius 2 is 1.78 bits per heavy atom. The summed E-state index contributed by atoms with van der Waals surface area (Å²) in [5.74, 6) is 0.905. The highest BCUT2D eigenvalue weighted by atomic mass is 35.5. The van der Waals surface area contributed by atoms with E-state index in [1.54, 1.807) is 31.4 Å². The van der Waals surface area contributed by atoms with Crippen LogP contribution >= 0.6 is 11.6 Å². The van der Waals surface area contributed by atoms with Crippen molar-refractivity contribution < 1.29 is 23.9 Å². The summed E-state index contributed by atoms with van der Waals surface area (Å²) in [4.78, 5) is 38.0. The maximum Gasteiger partial charge on any atom is 0.324 e. The second-order valence-electron chi connectivity index (χ2n) is 7.28. The Kier molecular flexibility index (Phi) is 8.33. The van der Waals surface area contributed by atoms with Crippen molar-refractivity contribution in [3.05, 3.63) is 59.1 Å². The zero-order valence-corrected chi connectivity index (χ0v) is 18.6. The maximum atomic E-state index is 12.6. The lowest BCUT2D eigenvalue weighted by molar-refractivity contribution is -0.127. The molecule has 32 heavy (non-hydrogen) atoms. The molecule has 170 valence electrons. The van der Waals surface area contributed by atoms with Gasteiger partial charge in [-0.05, 0) is 54.8 Å². The summed E-state index contributed by atoms with van der Waals surface area (Å²) in [5.41, 5.74) is 0.995. The monoisotopic (exact) mass is 459 g/mol. The Bertz CT molecular complexity index is 934. The van der Waals surface area contributed by atoms with Crippen LogP contribution in [-0.4, -0.2) is 55.6 Å². The number of nitrogens with one attached hydrogen (secondary N) is 2. The number of amides is 4. The summed E-state index contributed by atoms with van der Waals surface area (Å²) in [7, 11) is 1.60. The lowest BCUT2D eigenvalue weighted by atomic mass is 10.1. The van der Waals surface area contributed by atoms with Crippen molar-refractivity contribution in [1.82, 2.24) is 15.5 Å². The van der Waals surface area contributed by atoms with E-state index < -0.39 is 12.1 Å². The Labute approximate surface area is 191 Å². The first-order valence-corrected chi connectivity index (χ1v) is 10.7. The highest BCUT2D eigenvalue weighted by Crippen LogP contribution is 2.16. The summed E-state index contributed by atoms with van der Waals surface area (Å²) < 4.78 is 10.6. The molecule has 0 unspecified atom stereocenters. The van der Waals surface area contributed by atoms with E-state index in [1.807, 2.05) is 24.3 Å². The summed E-state index contributed by atoms with van der Waals surface area (Å²) in [6.45, 7) is 0.924. The van der Waals surface area contributed by atoms with Crippen LogP contribution in [-0.2, 0) is 16.0 Å². The Balaban J connectivity index is 1.35. The molecule has 1 fully saturated rings. The third-order valence-electron chi connectivity index (χ3n) is 5.06. The van der Waals surface area contributed by atoms with E-state index in [1.165, 1.54) is 4.90 Å². The van der Waals surface area contributed by atoms with E-state index in [2.05, 4.69) is 10.6 Å². The normalized spacial score (nSPS) is 15.4. The molecule has 0 saturated carbocycles. The van der Waals surface area contributed by atoms with Crippen molar-refractivity contribution in [2.45, 2.75) is 25.3 Å². The molecule has 0 aromatic heterocycles. The van der Waals surface area contributed by atoms with E-state index in [4.69, 9.17) is 21.1 Å². The fourth-order valence-corrected chi connectivity index (χ4v) is 3.40. The Morgan fingerprint density at radius 1 is 1.09 bits per heavy atom. The minimum Gasteiger partial charge on any atom is -0.497 e. The van der Waals surface area contributed by atoms with Crippen LogP contribution in [0.2, 0.25) is 5.02 Å². The van der Waals surface area contributed by atoms with E-state index >= 15 is 0 Å². The van der Waals surface area contributed by atoms with Crippen LogP contribution in [0.4, 0.5) is 4.79 Å². The molecule has 0 spiro atoms. The van der Waals surface area contributed by atoms with Crippen molar-refractivity contribution in [2.75, 3.05) is 26.8 Å². The number of halogens is 1. The number of carbonyl (C=O) groups excluding carboxylic acids is 3. The van der Waals surface area contributed by atoms with Crippen molar-refractivity contribution in [3.8, 4) is 11.5 Å². The first-order chi connectivity index (χ1) is 15.5. The fraction of sp³-hybridized carbons (Fsp3) is 0.348. The molecule has 4 amide bonds. The van der Waals surface area contributed by atoms with Gasteiger partial charge in [-0.15, -0.1) is 0 Å². The predicted molar refractivity (Wildman–Crippen MR) is 120 cm³/mol. The van der Waals surface area contributed by atoms with Crippen molar-refractivity contribution >= 4 is 29.4 Å². The molecule has 1 heterocycles. The average molecular weight is 460 g/mol. The van der Waals surface area contributed by atoms with Gasteiger partial charge in [-0.1, -0.05) is 23.7 Å². The molecule has 1 saturated heterocycles. The number of carbonyl (C=O) groups is 3. The van der Waals surface area contributed by atoms with E-state index in [0.717, 1.165) is 11.3 Å². The van der Waals surface area contributed by atoms with Crippen LogP contribution < -0.4 is 20.1 Å². The van der Waals surface area contributed by atoms with E-state index in [9.17, 15) is 14.4 Å². The molecule has 0 aliphatic carbocycles. The molecular formula is C23H26ClN3O5. The van der Waals surface area contributed by atoms with Gasteiger partial charge in [0.1, 0.15) is 24.1 Å². The van der Waals surface area contributed by atoms with E-state index in [-0.39, 0.29) is 31.2 Å². The van der Waals surface area contributed by atoms with Crippen LogP contribution in [0.25, 0.3) is 0 Å². The number of urea groups is 1. The highest BCUT2D eigenvalue weighted by Gasteiger charge is 2.37. The van der Waals surface area contributed by atoms with Gasteiger partial charge in [0.05, 0.1) is 13.7 Å². The first-order valence-electron chi connectivity index (χ1n) is 10.4. The number of nitrogens with zero attached hydrogens (tertiary/aromatic N) is 1. The molecule has 1 atom stereocenters. The minimum absolute atomic E-state index is 0.129. The molecule has 8 nitrogen and oxygen atoms in total. The summed E-state index contributed by atoms with van der Waals surface area (Å²) in [6.07, 6.45) is 0.918. The first kappa shape index (κ1) is 23.4. The number of ether oxygens (including phenoxy) is 2. The molecule has 1 aliphatic heterocycles. The lowest BCUT2D eigenvalue weighted by Gasteiger charge is -2.13. The Hall–Kier alpha value is -3.26. The molecule has 2 N–H and O–H groups in total. The molecule has 9 heteroatoms. The number of methoxy groups -OCH3 is 1. The molecule has 2 aromatic rings. The van der Waals surface area contributed by atoms with Crippen LogP contribution in [0.1, 0.15) is 18.4 Å². The van der Waals surface area contributed by atoms with Gasteiger partial charge in [0, 0.05) is 18.0 Å². The van der Waals surface area contributed by atoms with Gasteiger partial charge < -0.3 is 20.1 Å². The van der Waals surface area contributed by atoms with Crippen molar-refractivity contribution in [1.29, 1.82) is 0 Å².